The van der Waals surface area contributed by atoms with E-state index in [1.54, 1.807) is 0 Å². The molecule has 0 aromatic heterocycles. The smallest absolute Gasteiger partial charge is 0.0713 e. The van der Waals surface area contributed by atoms with Crippen LogP contribution in [0.5, 0.6) is 0 Å². The van der Waals surface area contributed by atoms with Crippen LogP contribution in [0.2, 0.25) is 0 Å². The minimum absolute atomic E-state index is 0.589. The van der Waals surface area contributed by atoms with Crippen LogP contribution in [0.3, 0.4) is 0 Å². The Balaban J connectivity index is 0.782. The minimum atomic E-state index is -0.595. The maximum atomic E-state index is 2.48. The molecular formula is C88H64N2. The van der Waals surface area contributed by atoms with Gasteiger partial charge in [0.1, 0.15) is 0 Å². The molecule has 13 aromatic carbocycles. The van der Waals surface area contributed by atoms with Gasteiger partial charge in [0, 0.05) is 34.1 Å². The number of rotatable bonds is 14. The molecule has 0 saturated carbocycles. The summed E-state index contributed by atoms with van der Waals surface area (Å²) in [5.41, 5.74) is 27.9. The van der Waals surface area contributed by atoms with Gasteiger partial charge in [-0.2, -0.15) is 0 Å². The summed E-state index contributed by atoms with van der Waals surface area (Å²) < 4.78 is 0. The molecule has 426 valence electrons. The lowest BCUT2D eigenvalue weighted by Crippen LogP contribution is -2.28. The first kappa shape index (κ1) is 54.1. The third-order valence-electron chi connectivity index (χ3n) is 18.9. The average molecular weight is 1150 g/mol. The number of anilines is 5. The molecule has 16 rings (SSSR count). The Morgan fingerprint density at radius 2 is 0.567 bits per heavy atom. The molecule has 0 saturated heterocycles. The molecule has 0 unspecified atom stereocenters. The second-order valence-electron chi connectivity index (χ2n) is 23.8. The molecule has 0 aliphatic heterocycles. The quantitative estimate of drug-likeness (QED) is 0.100. The highest BCUT2D eigenvalue weighted by atomic mass is 15.2. The van der Waals surface area contributed by atoms with Crippen molar-refractivity contribution in [3.05, 3.63) is 413 Å². The lowest BCUT2D eigenvalue weighted by Gasteiger charge is -2.34. The Bertz CT molecular complexity index is 4700. The van der Waals surface area contributed by atoms with Crippen LogP contribution in [0.1, 0.15) is 68.5 Å². The number of fused-ring (bicyclic) bond motifs is 6. The number of hydrogen-bond acceptors (Lipinski definition) is 2. The first-order valence-corrected chi connectivity index (χ1v) is 31.4. The van der Waals surface area contributed by atoms with Crippen molar-refractivity contribution in [3.63, 3.8) is 0 Å². The van der Waals surface area contributed by atoms with Crippen molar-refractivity contribution >= 4 is 40.6 Å². The van der Waals surface area contributed by atoms with Crippen molar-refractivity contribution in [1.29, 1.82) is 0 Å². The zero-order valence-corrected chi connectivity index (χ0v) is 49.9. The van der Waals surface area contributed by atoms with Gasteiger partial charge < -0.3 is 9.80 Å². The van der Waals surface area contributed by atoms with E-state index in [0.29, 0.717) is 0 Å². The van der Waals surface area contributed by atoms with Crippen molar-refractivity contribution < 1.29 is 0 Å². The van der Waals surface area contributed by atoms with Crippen molar-refractivity contribution in [1.82, 2.24) is 0 Å². The van der Waals surface area contributed by atoms with E-state index in [1.807, 2.05) is 0 Å². The highest BCUT2D eigenvalue weighted by molar-refractivity contribution is 5.92. The van der Waals surface area contributed by atoms with Gasteiger partial charge in [-0.25, -0.2) is 0 Å². The highest BCUT2D eigenvalue weighted by Gasteiger charge is 2.48. The average Bonchev–Trinajstić information content (AvgIpc) is 1.54. The summed E-state index contributed by atoms with van der Waals surface area (Å²) in [6.07, 6.45) is 13.4. The summed E-state index contributed by atoms with van der Waals surface area (Å²) in [4.78, 5) is 4.73. The van der Waals surface area contributed by atoms with Crippen LogP contribution >= 0.6 is 0 Å². The monoisotopic (exact) mass is 1150 g/mol. The normalized spacial score (nSPS) is 13.8. The third-order valence-corrected chi connectivity index (χ3v) is 18.9. The largest absolute Gasteiger partial charge is 0.314 e. The van der Waals surface area contributed by atoms with Gasteiger partial charge in [-0.1, -0.05) is 273 Å². The van der Waals surface area contributed by atoms with E-state index in [9.17, 15) is 0 Å². The second kappa shape index (κ2) is 23.1. The molecule has 0 heterocycles. The van der Waals surface area contributed by atoms with Crippen LogP contribution in [0, 0.1) is 0 Å². The van der Waals surface area contributed by atoms with Crippen LogP contribution < -0.4 is 9.80 Å². The molecule has 0 bridgehead atoms. The third kappa shape index (κ3) is 9.27. The zero-order valence-electron chi connectivity index (χ0n) is 49.9. The van der Waals surface area contributed by atoms with Crippen LogP contribution in [0.4, 0.5) is 28.4 Å². The summed E-state index contributed by atoms with van der Waals surface area (Å²) in [6.45, 7) is 0. The summed E-state index contributed by atoms with van der Waals surface area (Å²) in [5, 5.41) is 0. The topological polar surface area (TPSA) is 6.48 Å². The molecule has 13 aromatic rings. The van der Waals surface area contributed by atoms with Crippen molar-refractivity contribution in [2.24, 2.45) is 0 Å². The molecule has 0 fully saturated rings. The van der Waals surface area contributed by atoms with Gasteiger partial charge in [-0.3, -0.25) is 0 Å². The maximum absolute atomic E-state index is 2.48. The van der Waals surface area contributed by atoms with Crippen LogP contribution in [-0.4, -0.2) is 0 Å². The lowest BCUT2D eigenvalue weighted by atomic mass is 9.67. The Labute approximate surface area is 528 Å². The first-order chi connectivity index (χ1) is 44.6. The molecule has 0 N–H and O–H groups in total. The van der Waals surface area contributed by atoms with Gasteiger partial charge in [0.05, 0.1) is 10.8 Å². The summed E-state index contributed by atoms with van der Waals surface area (Å²) in [6, 6.07) is 123. The summed E-state index contributed by atoms with van der Waals surface area (Å²) >= 11 is 0. The minimum Gasteiger partial charge on any atom is -0.314 e. The van der Waals surface area contributed by atoms with E-state index in [1.165, 1.54) is 100 Å². The molecule has 0 amide bonds. The SMILES string of the molecule is C1=CCCC(N(c2ccccc2)c2ccc(-c3ccc4c(c3)C(c3ccccc3)(c3ccccc3)c3cc(/C=C/c5ccc6c(c5)C(c5ccccc5)(c5ccccc5)c5cc(-c7ccc(N(c8ccccc8)c8ccccc8)cc7)ccc5-6)ccc3-4)cc2)=C1. The molecule has 0 atom stereocenters. The van der Waals surface area contributed by atoms with E-state index >= 15 is 0 Å². The van der Waals surface area contributed by atoms with Gasteiger partial charge in [0.2, 0.25) is 0 Å². The van der Waals surface area contributed by atoms with Crippen molar-refractivity contribution in [2.75, 3.05) is 9.80 Å². The highest BCUT2D eigenvalue weighted by Crippen LogP contribution is 2.59. The standard InChI is InChI=1S/C88H64N2/c1-9-25-69(26-10-1)87(70-27-11-2-12-28-70)83-59-63(43-55-79(83)81-57-49-67(61-85(81)87)65-45-51-77(52-46-65)89(73-33-17-5-18-34-73)74-35-19-6-20-36-74)41-42-64-44-56-80-82-58-50-68(62-86(82)88(84(80)60-64,71-29-13-3-14-30-71)72-31-15-4-16-32-72)66-47-53-78(54-48-66)90(75-37-21-7-22-38-75)76-39-23-8-24-40-76/h1-23,25-39,41-62H,24,40H2/b42-41+. The molecule has 3 aliphatic rings. The molecular weight excluding hydrogens is 1080 g/mol. The zero-order chi connectivity index (χ0) is 59.9. The van der Waals surface area contributed by atoms with Crippen LogP contribution in [-0.2, 0) is 10.8 Å². The van der Waals surface area contributed by atoms with E-state index in [2.05, 4.69) is 374 Å². The fourth-order valence-electron chi connectivity index (χ4n) is 14.8. The summed E-state index contributed by atoms with van der Waals surface area (Å²) in [7, 11) is 0. The number of hydrogen-bond donors (Lipinski definition) is 0. The van der Waals surface area contributed by atoms with E-state index in [0.717, 1.165) is 46.7 Å². The molecule has 90 heavy (non-hydrogen) atoms. The fourth-order valence-corrected chi connectivity index (χ4v) is 14.8. The molecule has 2 nitrogen and oxygen atoms in total. The second-order valence-corrected chi connectivity index (χ2v) is 23.8. The predicted octanol–water partition coefficient (Wildman–Crippen LogP) is 22.8. The Morgan fingerprint density at radius 3 is 0.922 bits per heavy atom. The molecule has 2 heteroatoms. The summed E-state index contributed by atoms with van der Waals surface area (Å²) in [5.74, 6) is 0. The number of benzene rings is 13. The number of nitrogens with zero attached hydrogens (tertiary/aromatic N) is 2. The lowest BCUT2D eigenvalue weighted by molar-refractivity contribution is 0.768. The molecule has 0 spiro atoms. The maximum Gasteiger partial charge on any atom is 0.0713 e. The van der Waals surface area contributed by atoms with Crippen LogP contribution in [0.25, 0.3) is 56.7 Å². The van der Waals surface area contributed by atoms with Gasteiger partial charge in [0.15, 0.2) is 0 Å². The Morgan fingerprint density at radius 1 is 0.267 bits per heavy atom. The first-order valence-electron chi connectivity index (χ1n) is 31.4. The van der Waals surface area contributed by atoms with Gasteiger partial charge in [-0.05, 0) is 204 Å². The van der Waals surface area contributed by atoms with E-state index < -0.39 is 10.8 Å². The molecule has 0 radical (unpaired) electrons. The van der Waals surface area contributed by atoms with E-state index in [-0.39, 0.29) is 0 Å². The predicted molar refractivity (Wildman–Crippen MR) is 377 cm³/mol. The Hall–Kier alpha value is -11.3. The van der Waals surface area contributed by atoms with Crippen LogP contribution in [0.15, 0.2) is 358 Å². The van der Waals surface area contributed by atoms with Crippen molar-refractivity contribution in [2.45, 2.75) is 23.7 Å². The van der Waals surface area contributed by atoms with Gasteiger partial charge in [-0.15, -0.1) is 0 Å². The number of para-hydroxylation sites is 3. The Kier molecular flexibility index (Phi) is 13.9. The van der Waals surface area contributed by atoms with Gasteiger partial charge in [0.25, 0.3) is 0 Å². The fraction of sp³-hybridized carbons (Fsp3) is 0.0455. The van der Waals surface area contributed by atoms with E-state index in [4.69, 9.17) is 0 Å². The van der Waals surface area contributed by atoms with Crippen molar-refractivity contribution in [3.8, 4) is 44.5 Å². The molecule has 3 aliphatic carbocycles. The van der Waals surface area contributed by atoms with Gasteiger partial charge >= 0.3 is 0 Å². The number of allylic oxidation sites excluding steroid dienone is 4.